The van der Waals surface area contributed by atoms with E-state index in [0.717, 1.165) is 25.3 Å². The number of carbonyl (C=O) groups excluding carboxylic acids is 3. The van der Waals surface area contributed by atoms with Crippen LogP contribution in [0.15, 0.2) is 18.5 Å². The molecule has 0 spiro atoms. The number of ketones is 1. The molecule has 0 saturated heterocycles. The number of aromatic nitrogens is 2. The second-order valence-corrected chi connectivity index (χ2v) is 9.56. The number of amides is 2. The first-order valence-electron chi connectivity index (χ1n) is 12.0. The second kappa shape index (κ2) is 12.9. The van der Waals surface area contributed by atoms with Crippen LogP contribution in [0, 0.1) is 23.5 Å². The number of nitrogens with one attached hydrogen (secondary N) is 3. The normalized spacial score (nSPS) is 18.5. The van der Waals surface area contributed by atoms with Gasteiger partial charge in [0.25, 0.3) is 5.91 Å². The number of rotatable bonds is 11. The fraction of sp³-hybridized carbons (Fsp3) is 0.520. The largest absolute Gasteiger partial charge is 0.380 e. The molecule has 1 unspecified atom stereocenters. The lowest BCUT2D eigenvalue weighted by Gasteiger charge is -2.28. The molecule has 1 aliphatic carbocycles. The molecule has 8 nitrogen and oxygen atoms in total. The predicted octanol–water partition coefficient (Wildman–Crippen LogP) is 4.90. The van der Waals surface area contributed by atoms with Crippen molar-refractivity contribution in [2.24, 2.45) is 11.8 Å². The maximum absolute atomic E-state index is 14.0. The predicted molar refractivity (Wildman–Crippen MR) is 131 cm³/mol. The Labute approximate surface area is 213 Å². The summed E-state index contributed by atoms with van der Waals surface area (Å²) < 4.78 is 32.3. The summed E-state index contributed by atoms with van der Waals surface area (Å²) in [6.07, 6.45) is 5.78. The van der Waals surface area contributed by atoms with Crippen LogP contribution in [0.1, 0.15) is 72.8 Å². The lowest BCUT2D eigenvalue weighted by atomic mass is 9.79. The van der Waals surface area contributed by atoms with Crippen molar-refractivity contribution in [1.82, 2.24) is 15.3 Å². The molecule has 0 bridgehead atoms. The molecule has 0 radical (unpaired) electrons. The lowest BCUT2D eigenvalue weighted by Crippen LogP contribution is -2.32. The van der Waals surface area contributed by atoms with Crippen LogP contribution in [0.25, 0.3) is 0 Å². The Morgan fingerprint density at radius 1 is 1.22 bits per heavy atom. The molecule has 1 heterocycles. The summed E-state index contributed by atoms with van der Waals surface area (Å²) in [7, 11) is 1.55. The van der Waals surface area contributed by atoms with Crippen molar-refractivity contribution in [2.45, 2.75) is 58.0 Å². The summed E-state index contributed by atoms with van der Waals surface area (Å²) in [5.74, 6) is -2.57. The average Bonchev–Trinajstić information content (AvgIpc) is 3.35. The molecule has 0 aliphatic heterocycles. The summed E-state index contributed by atoms with van der Waals surface area (Å²) in [5.41, 5.74) is 0.0699. The number of hydrogen-bond donors (Lipinski definition) is 3. The van der Waals surface area contributed by atoms with E-state index in [1.165, 1.54) is 6.33 Å². The number of nitrogens with zero attached hydrogens (tertiary/aromatic N) is 1. The summed E-state index contributed by atoms with van der Waals surface area (Å²) in [6.45, 7) is 2.13. The monoisotopic (exact) mass is 524 g/mol. The van der Waals surface area contributed by atoms with Gasteiger partial charge in [-0.3, -0.25) is 14.4 Å². The number of Topliss-reactive ketones (excluding diaryl/α,β-unsaturated/α-hetero) is 1. The van der Waals surface area contributed by atoms with E-state index < -0.39 is 17.5 Å². The Kier molecular flexibility index (Phi) is 9.95. The van der Waals surface area contributed by atoms with Crippen molar-refractivity contribution >= 4 is 34.9 Å². The van der Waals surface area contributed by atoms with Crippen molar-refractivity contribution in [1.29, 1.82) is 0 Å². The van der Waals surface area contributed by atoms with Gasteiger partial charge in [0.05, 0.1) is 23.1 Å². The highest BCUT2D eigenvalue weighted by atomic mass is 35.5. The molecular weight excluding hydrogens is 494 g/mol. The van der Waals surface area contributed by atoms with Gasteiger partial charge in [0.2, 0.25) is 5.91 Å². The number of hydrogen-bond acceptors (Lipinski definition) is 5. The molecule has 2 amide bonds. The Morgan fingerprint density at radius 3 is 2.61 bits per heavy atom. The van der Waals surface area contributed by atoms with Gasteiger partial charge in [0.15, 0.2) is 11.6 Å². The Balaban J connectivity index is 1.42. The Morgan fingerprint density at radius 2 is 1.94 bits per heavy atom. The number of ether oxygens (including phenoxy) is 1. The van der Waals surface area contributed by atoms with Crippen molar-refractivity contribution < 1.29 is 27.9 Å². The Hall–Kier alpha value is -2.85. The van der Waals surface area contributed by atoms with Crippen molar-refractivity contribution in [3.05, 3.63) is 46.5 Å². The zero-order valence-electron chi connectivity index (χ0n) is 20.3. The highest BCUT2D eigenvalue weighted by molar-refractivity contribution is 6.33. The molecule has 11 heteroatoms. The zero-order chi connectivity index (χ0) is 26.2. The van der Waals surface area contributed by atoms with Gasteiger partial charge in [-0.25, -0.2) is 13.8 Å². The molecule has 1 saturated carbocycles. The highest BCUT2D eigenvalue weighted by Crippen LogP contribution is 2.34. The zero-order valence-corrected chi connectivity index (χ0v) is 21.1. The number of benzene rings is 1. The second-order valence-electron chi connectivity index (χ2n) is 9.15. The minimum absolute atomic E-state index is 0.129. The highest BCUT2D eigenvalue weighted by Gasteiger charge is 2.28. The molecule has 1 aliphatic rings. The molecule has 2 aromatic rings. The summed E-state index contributed by atoms with van der Waals surface area (Å²) >= 11 is 5.87. The smallest absolute Gasteiger partial charge is 0.270 e. The first kappa shape index (κ1) is 27.7. The van der Waals surface area contributed by atoms with E-state index in [9.17, 15) is 23.2 Å². The number of halogens is 3. The average molecular weight is 525 g/mol. The minimum atomic E-state index is -0.909. The molecule has 36 heavy (non-hydrogen) atoms. The van der Waals surface area contributed by atoms with Crippen molar-refractivity contribution in [3.8, 4) is 0 Å². The van der Waals surface area contributed by atoms with Crippen LogP contribution in [0.3, 0.4) is 0 Å². The van der Waals surface area contributed by atoms with Gasteiger partial charge in [-0.15, -0.1) is 0 Å². The first-order chi connectivity index (χ1) is 17.2. The van der Waals surface area contributed by atoms with E-state index in [1.54, 1.807) is 7.11 Å². The number of H-pyrrole nitrogens is 1. The maximum Gasteiger partial charge on any atom is 0.270 e. The third-order valence-electron chi connectivity index (χ3n) is 6.57. The molecule has 196 valence electrons. The molecule has 1 aromatic carbocycles. The number of methoxy groups -OCH3 is 1. The number of imidazole rings is 1. The van der Waals surface area contributed by atoms with Crippen LogP contribution in [0.2, 0.25) is 5.02 Å². The molecule has 3 N–H and O–H groups in total. The van der Waals surface area contributed by atoms with Gasteiger partial charge in [-0.2, -0.15) is 0 Å². The van der Waals surface area contributed by atoms with Crippen LogP contribution < -0.4 is 10.6 Å². The van der Waals surface area contributed by atoms with E-state index in [4.69, 9.17) is 16.3 Å². The fourth-order valence-electron chi connectivity index (χ4n) is 4.36. The van der Waals surface area contributed by atoms with E-state index in [-0.39, 0.29) is 52.2 Å². The summed E-state index contributed by atoms with van der Waals surface area (Å²) in [4.78, 5) is 44.3. The molecule has 1 fully saturated rings. The standard InChI is InChI=1S/C25H31ClF2N4O4/c1-14(36-2)12-29-25(35)23-22(30-13-31-23)20(33)5-3-4-15-6-8-16(9-7-15)24(34)32-21-18(26)10-17(27)11-19(21)28/h10-11,13-16H,3-9,12H2,1-2H3,(H,29,35)(H,30,31)(H,32,34). The number of anilines is 1. The maximum atomic E-state index is 14.0. The summed E-state index contributed by atoms with van der Waals surface area (Å²) in [6, 6.07) is 1.64. The van der Waals surface area contributed by atoms with Gasteiger partial charge in [-0.1, -0.05) is 18.0 Å². The van der Waals surface area contributed by atoms with Gasteiger partial charge >= 0.3 is 0 Å². The van der Waals surface area contributed by atoms with Gasteiger partial charge in [0, 0.05) is 32.1 Å². The van der Waals surface area contributed by atoms with E-state index in [0.29, 0.717) is 37.8 Å². The van der Waals surface area contributed by atoms with Gasteiger partial charge in [0.1, 0.15) is 17.2 Å². The van der Waals surface area contributed by atoms with Crippen LogP contribution in [0.4, 0.5) is 14.5 Å². The molecular formula is C25H31ClF2N4O4. The van der Waals surface area contributed by atoms with E-state index in [2.05, 4.69) is 20.6 Å². The van der Waals surface area contributed by atoms with Gasteiger partial charge < -0.3 is 20.4 Å². The minimum Gasteiger partial charge on any atom is -0.380 e. The lowest BCUT2D eigenvalue weighted by molar-refractivity contribution is -0.121. The van der Waals surface area contributed by atoms with Crippen molar-refractivity contribution in [2.75, 3.05) is 19.0 Å². The number of aromatic amines is 1. The summed E-state index contributed by atoms with van der Waals surface area (Å²) in [5, 5.41) is 5.02. The van der Waals surface area contributed by atoms with Crippen LogP contribution in [-0.2, 0) is 9.53 Å². The number of carbonyl (C=O) groups is 3. The molecule has 3 rings (SSSR count). The van der Waals surface area contributed by atoms with Crippen LogP contribution in [0.5, 0.6) is 0 Å². The quantitative estimate of drug-likeness (QED) is 0.362. The SMILES string of the molecule is COC(C)CNC(=O)c1[nH]cnc1C(=O)CCCC1CCC(C(=O)Nc2c(F)cc(F)cc2Cl)CC1. The molecule has 1 aromatic heterocycles. The first-order valence-corrected chi connectivity index (χ1v) is 12.4. The van der Waals surface area contributed by atoms with E-state index in [1.807, 2.05) is 6.92 Å². The molecule has 1 atom stereocenters. The Bertz CT molecular complexity index is 1060. The van der Waals surface area contributed by atoms with Crippen LogP contribution >= 0.6 is 11.6 Å². The van der Waals surface area contributed by atoms with Crippen molar-refractivity contribution in [3.63, 3.8) is 0 Å². The van der Waals surface area contributed by atoms with E-state index >= 15 is 0 Å². The topological polar surface area (TPSA) is 113 Å². The van der Waals surface area contributed by atoms with Gasteiger partial charge in [-0.05, 0) is 51.0 Å². The third-order valence-corrected chi connectivity index (χ3v) is 6.87. The van der Waals surface area contributed by atoms with Crippen LogP contribution in [-0.4, -0.2) is 47.3 Å². The third kappa shape index (κ3) is 7.33. The fourth-order valence-corrected chi connectivity index (χ4v) is 4.60.